The minimum absolute atomic E-state index is 0.0541. The summed E-state index contributed by atoms with van der Waals surface area (Å²) in [5, 5.41) is 11.9. The summed E-state index contributed by atoms with van der Waals surface area (Å²) in [6.45, 7) is 3.60. The monoisotopic (exact) mass is 246 g/mol. The molecule has 0 spiro atoms. The van der Waals surface area contributed by atoms with Crippen molar-refractivity contribution in [1.29, 1.82) is 0 Å². The maximum Gasteiger partial charge on any atom is 0.203 e. The van der Waals surface area contributed by atoms with E-state index in [-0.39, 0.29) is 11.6 Å². The molecule has 1 aromatic rings. The van der Waals surface area contributed by atoms with Gasteiger partial charge in [0.15, 0.2) is 0 Å². The highest BCUT2D eigenvalue weighted by Crippen LogP contribution is 2.28. The number of aliphatic hydroxyl groups excluding tert-OH is 1. The maximum absolute atomic E-state index is 13.6. The smallest absolute Gasteiger partial charge is 0.203 e. The molecule has 0 aliphatic rings. The fourth-order valence-corrected chi connectivity index (χ4v) is 1.48. The van der Waals surface area contributed by atoms with Gasteiger partial charge in [-0.15, -0.1) is 0 Å². The SMILES string of the molecule is CONC(O)Nc1c(F)cc(F)cc1C(C)C. The molecule has 0 saturated carbocycles. The summed E-state index contributed by atoms with van der Waals surface area (Å²) in [5.74, 6) is -1.49. The Labute approximate surface area is 98.5 Å². The standard InChI is InChI=1S/C11H16F2N2O2/c1-6(2)8-4-7(12)5-9(13)10(8)14-11(16)15-17-3/h4-6,11,14-16H,1-3H3. The number of rotatable bonds is 5. The summed E-state index contributed by atoms with van der Waals surface area (Å²) in [6, 6.07) is 1.99. The number of hydrogen-bond donors (Lipinski definition) is 3. The van der Waals surface area contributed by atoms with E-state index in [1.54, 1.807) is 13.8 Å². The van der Waals surface area contributed by atoms with Crippen molar-refractivity contribution in [3.8, 4) is 0 Å². The molecule has 0 aliphatic carbocycles. The van der Waals surface area contributed by atoms with Gasteiger partial charge < -0.3 is 15.3 Å². The predicted octanol–water partition coefficient (Wildman–Crippen LogP) is 1.93. The number of anilines is 1. The molecule has 0 radical (unpaired) electrons. The van der Waals surface area contributed by atoms with Crippen LogP contribution in [0.15, 0.2) is 12.1 Å². The van der Waals surface area contributed by atoms with Gasteiger partial charge >= 0.3 is 0 Å². The lowest BCUT2D eigenvalue weighted by Gasteiger charge is -2.19. The van der Waals surface area contributed by atoms with Gasteiger partial charge in [-0.3, -0.25) is 0 Å². The lowest BCUT2D eigenvalue weighted by molar-refractivity contribution is -0.0159. The van der Waals surface area contributed by atoms with Crippen molar-refractivity contribution >= 4 is 5.69 Å². The summed E-state index contributed by atoms with van der Waals surface area (Å²) in [4.78, 5) is 4.48. The number of hydroxylamine groups is 1. The third-order valence-electron chi connectivity index (χ3n) is 2.22. The Morgan fingerprint density at radius 2 is 1.94 bits per heavy atom. The summed E-state index contributed by atoms with van der Waals surface area (Å²) in [5.41, 5.74) is 2.68. The zero-order valence-corrected chi connectivity index (χ0v) is 9.92. The van der Waals surface area contributed by atoms with Gasteiger partial charge in [0, 0.05) is 6.07 Å². The van der Waals surface area contributed by atoms with Crippen LogP contribution in [0.1, 0.15) is 25.3 Å². The quantitative estimate of drug-likeness (QED) is 0.549. The first-order valence-electron chi connectivity index (χ1n) is 5.17. The van der Waals surface area contributed by atoms with Crippen LogP contribution in [0.3, 0.4) is 0 Å². The van der Waals surface area contributed by atoms with Gasteiger partial charge in [-0.05, 0) is 17.5 Å². The molecule has 1 rings (SSSR count). The van der Waals surface area contributed by atoms with Crippen molar-refractivity contribution in [2.45, 2.75) is 26.1 Å². The van der Waals surface area contributed by atoms with Crippen LogP contribution in [0.4, 0.5) is 14.5 Å². The fourth-order valence-electron chi connectivity index (χ4n) is 1.48. The summed E-state index contributed by atoms with van der Waals surface area (Å²) in [6.07, 6.45) is -1.28. The normalized spacial score (nSPS) is 12.9. The second kappa shape index (κ2) is 5.90. The van der Waals surface area contributed by atoms with Crippen LogP contribution in [0.5, 0.6) is 0 Å². The van der Waals surface area contributed by atoms with Crippen molar-refractivity contribution in [2.75, 3.05) is 12.4 Å². The van der Waals surface area contributed by atoms with Crippen molar-refractivity contribution in [2.24, 2.45) is 0 Å². The molecule has 96 valence electrons. The third kappa shape index (κ3) is 3.62. The first-order valence-corrected chi connectivity index (χ1v) is 5.17. The molecule has 1 aromatic carbocycles. The van der Waals surface area contributed by atoms with Crippen LogP contribution in [-0.2, 0) is 4.84 Å². The number of benzene rings is 1. The minimum Gasteiger partial charge on any atom is -0.359 e. The molecule has 0 aromatic heterocycles. The highest BCUT2D eigenvalue weighted by Gasteiger charge is 2.16. The van der Waals surface area contributed by atoms with E-state index in [1.165, 1.54) is 13.2 Å². The van der Waals surface area contributed by atoms with Gasteiger partial charge in [-0.1, -0.05) is 13.8 Å². The van der Waals surface area contributed by atoms with Crippen LogP contribution in [0, 0.1) is 11.6 Å². The number of halogens is 2. The zero-order valence-electron chi connectivity index (χ0n) is 9.92. The first kappa shape index (κ1) is 13.8. The molecular formula is C11H16F2N2O2. The Bertz CT molecular complexity index is 386. The van der Waals surface area contributed by atoms with Gasteiger partial charge in [-0.25, -0.2) is 8.78 Å². The topological polar surface area (TPSA) is 53.5 Å². The second-order valence-electron chi connectivity index (χ2n) is 3.88. The van der Waals surface area contributed by atoms with Crippen LogP contribution in [0.2, 0.25) is 0 Å². The second-order valence-corrected chi connectivity index (χ2v) is 3.88. The molecular weight excluding hydrogens is 230 g/mol. The Morgan fingerprint density at radius 3 is 2.47 bits per heavy atom. The molecule has 3 N–H and O–H groups in total. The van der Waals surface area contributed by atoms with Gasteiger partial charge in [0.25, 0.3) is 0 Å². The van der Waals surface area contributed by atoms with Crippen LogP contribution >= 0.6 is 0 Å². The van der Waals surface area contributed by atoms with E-state index in [1.807, 2.05) is 0 Å². The van der Waals surface area contributed by atoms with Gasteiger partial charge in [0.1, 0.15) is 11.6 Å². The van der Waals surface area contributed by atoms with E-state index in [0.29, 0.717) is 5.56 Å². The van der Waals surface area contributed by atoms with E-state index in [2.05, 4.69) is 15.6 Å². The van der Waals surface area contributed by atoms with Crippen LogP contribution in [0.25, 0.3) is 0 Å². The van der Waals surface area contributed by atoms with E-state index in [9.17, 15) is 13.9 Å². The predicted molar refractivity (Wildman–Crippen MR) is 60.2 cm³/mol. The van der Waals surface area contributed by atoms with E-state index in [4.69, 9.17) is 0 Å². The fraction of sp³-hybridized carbons (Fsp3) is 0.455. The molecule has 0 fully saturated rings. The molecule has 0 amide bonds. The molecule has 1 unspecified atom stereocenters. The summed E-state index contributed by atoms with van der Waals surface area (Å²) < 4.78 is 26.7. The van der Waals surface area contributed by atoms with E-state index < -0.39 is 18.0 Å². The lowest BCUT2D eigenvalue weighted by Crippen LogP contribution is -2.35. The maximum atomic E-state index is 13.6. The molecule has 0 aliphatic heterocycles. The largest absolute Gasteiger partial charge is 0.359 e. The van der Waals surface area contributed by atoms with Crippen LogP contribution < -0.4 is 10.8 Å². The average molecular weight is 246 g/mol. The Morgan fingerprint density at radius 1 is 1.29 bits per heavy atom. The highest BCUT2D eigenvalue weighted by atomic mass is 19.1. The van der Waals surface area contributed by atoms with Crippen molar-refractivity contribution in [3.63, 3.8) is 0 Å². The van der Waals surface area contributed by atoms with Crippen molar-refractivity contribution < 1.29 is 18.7 Å². The van der Waals surface area contributed by atoms with E-state index in [0.717, 1.165) is 6.07 Å². The molecule has 1 atom stereocenters. The van der Waals surface area contributed by atoms with E-state index >= 15 is 0 Å². The number of aliphatic hydroxyl groups is 1. The van der Waals surface area contributed by atoms with Crippen molar-refractivity contribution in [3.05, 3.63) is 29.3 Å². The average Bonchev–Trinajstić information content (AvgIpc) is 2.21. The molecule has 17 heavy (non-hydrogen) atoms. The van der Waals surface area contributed by atoms with Gasteiger partial charge in [0.05, 0.1) is 12.8 Å². The third-order valence-corrected chi connectivity index (χ3v) is 2.22. The highest BCUT2D eigenvalue weighted by molar-refractivity contribution is 5.54. The van der Waals surface area contributed by atoms with Crippen LogP contribution in [-0.4, -0.2) is 18.6 Å². The number of hydrogen-bond acceptors (Lipinski definition) is 4. The first-order chi connectivity index (χ1) is 7.95. The zero-order chi connectivity index (χ0) is 13.0. The molecule has 4 nitrogen and oxygen atoms in total. The Kier molecular flexibility index (Phi) is 4.80. The van der Waals surface area contributed by atoms with Crippen molar-refractivity contribution in [1.82, 2.24) is 5.48 Å². The molecule has 6 heteroatoms. The van der Waals surface area contributed by atoms with Gasteiger partial charge in [0.2, 0.25) is 6.35 Å². The molecule has 0 heterocycles. The summed E-state index contributed by atoms with van der Waals surface area (Å²) in [7, 11) is 1.31. The van der Waals surface area contributed by atoms with Gasteiger partial charge in [-0.2, -0.15) is 5.48 Å². The number of nitrogens with one attached hydrogen (secondary N) is 2. The Balaban J connectivity index is 3.04. The lowest BCUT2D eigenvalue weighted by atomic mass is 10.0. The Hall–Kier alpha value is -1.24. The molecule has 0 saturated heterocycles. The minimum atomic E-state index is -1.28. The summed E-state index contributed by atoms with van der Waals surface area (Å²) >= 11 is 0. The molecule has 0 bridgehead atoms.